The van der Waals surface area contributed by atoms with Crippen molar-refractivity contribution in [2.24, 2.45) is 0 Å². The SMILES string of the molecule is COc1ccc2nccc([C@@H](O)CN3CCC(NCc4cc5c(cn4)OCCO5)CC3)c2n1. The lowest BCUT2D eigenvalue weighted by Crippen LogP contribution is -2.43. The number of hydrogen-bond acceptors (Lipinski definition) is 9. The van der Waals surface area contributed by atoms with E-state index in [0.29, 0.717) is 49.5 Å². The normalized spacial score (nSPS) is 17.8. The second kappa shape index (κ2) is 9.86. The van der Waals surface area contributed by atoms with Crippen LogP contribution in [0, 0.1) is 0 Å². The molecule has 0 aliphatic carbocycles. The zero-order valence-electron chi connectivity index (χ0n) is 18.7. The average Bonchev–Trinajstić information content (AvgIpc) is 2.87. The maximum Gasteiger partial charge on any atom is 0.213 e. The molecular weight excluding hydrogens is 422 g/mol. The van der Waals surface area contributed by atoms with Crippen molar-refractivity contribution in [3.05, 3.63) is 47.9 Å². The van der Waals surface area contributed by atoms with Crippen molar-refractivity contribution in [3.8, 4) is 17.4 Å². The van der Waals surface area contributed by atoms with Gasteiger partial charge < -0.3 is 29.5 Å². The topological polar surface area (TPSA) is 102 Å². The van der Waals surface area contributed by atoms with Gasteiger partial charge in [0.15, 0.2) is 11.5 Å². The van der Waals surface area contributed by atoms with Crippen molar-refractivity contribution in [2.45, 2.75) is 31.5 Å². The van der Waals surface area contributed by atoms with Gasteiger partial charge in [-0.3, -0.25) is 9.97 Å². The Morgan fingerprint density at radius 1 is 1.15 bits per heavy atom. The number of β-amino-alcohol motifs (C(OH)–C–C–N with tert-alkyl or cyclic N) is 1. The smallest absolute Gasteiger partial charge is 0.213 e. The predicted octanol–water partition coefficient (Wildman–Crippen LogP) is 2.09. The average molecular weight is 452 g/mol. The Bertz CT molecular complexity index is 1100. The van der Waals surface area contributed by atoms with E-state index in [-0.39, 0.29) is 0 Å². The molecule has 0 radical (unpaired) electrons. The van der Waals surface area contributed by atoms with Gasteiger partial charge in [-0.15, -0.1) is 0 Å². The van der Waals surface area contributed by atoms with E-state index in [9.17, 15) is 5.11 Å². The molecule has 3 aromatic rings. The summed E-state index contributed by atoms with van der Waals surface area (Å²) in [5.74, 6) is 2.00. The summed E-state index contributed by atoms with van der Waals surface area (Å²) in [6.45, 7) is 4.25. The van der Waals surface area contributed by atoms with Crippen molar-refractivity contribution in [3.63, 3.8) is 0 Å². The van der Waals surface area contributed by atoms with Crippen LogP contribution in [0.2, 0.25) is 0 Å². The number of aliphatic hydroxyl groups excluding tert-OH is 1. The van der Waals surface area contributed by atoms with Crippen molar-refractivity contribution in [2.75, 3.05) is 40.0 Å². The van der Waals surface area contributed by atoms with Crippen molar-refractivity contribution >= 4 is 11.0 Å². The van der Waals surface area contributed by atoms with Crippen LogP contribution in [0.5, 0.6) is 17.4 Å². The molecule has 9 nitrogen and oxygen atoms in total. The van der Waals surface area contributed by atoms with Gasteiger partial charge in [0.1, 0.15) is 13.2 Å². The molecule has 9 heteroatoms. The number of aliphatic hydroxyl groups is 1. The zero-order valence-corrected chi connectivity index (χ0v) is 18.7. The number of pyridine rings is 3. The van der Waals surface area contributed by atoms with Gasteiger partial charge in [0, 0.05) is 43.0 Å². The predicted molar refractivity (Wildman–Crippen MR) is 123 cm³/mol. The third-order valence-corrected chi connectivity index (χ3v) is 6.23. The molecule has 1 fully saturated rings. The fourth-order valence-electron chi connectivity index (χ4n) is 4.41. The van der Waals surface area contributed by atoms with Gasteiger partial charge in [0.05, 0.1) is 36.1 Å². The number of ether oxygens (including phenoxy) is 3. The lowest BCUT2D eigenvalue weighted by atomic mass is 10.0. The molecule has 2 aliphatic rings. The van der Waals surface area contributed by atoms with Crippen LogP contribution in [0.1, 0.15) is 30.2 Å². The molecule has 2 N–H and O–H groups in total. The maximum atomic E-state index is 11.0. The first-order valence-corrected chi connectivity index (χ1v) is 11.4. The van der Waals surface area contributed by atoms with Gasteiger partial charge >= 0.3 is 0 Å². The van der Waals surface area contributed by atoms with Crippen molar-refractivity contribution < 1.29 is 19.3 Å². The van der Waals surface area contributed by atoms with E-state index < -0.39 is 6.10 Å². The summed E-state index contributed by atoms with van der Waals surface area (Å²) in [6, 6.07) is 7.86. The Balaban J connectivity index is 1.14. The summed E-state index contributed by atoms with van der Waals surface area (Å²) in [6.07, 6.45) is 4.85. The molecule has 174 valence electrons. The van der Waals surface area contributed by atoms with E-state index in [1.807, 2.05) is 18.2 Å². The molecular formula is C24H29N5O4. The molecule has 0 aromatic carbocycles. The first-order valence-electron chi connectivity index (χ1n) is 11.4. The molecule has 0 unspecified atom stereocenters. The molecule has 1 saturated heterocycles. The van der Waals surface area contributed by atoms with Gasteiger partial charge in [-0.1, -0.05) is 0 Å². The van der Waals surface area contributed by atoms with Crippen LogP contribution in [-0.2, 0) is 6.54 Å². The fraction of sp³-hybridized carbons (Fsp3) is 0.458. The molecule has 2 aliphatic heterocycles. The fourth-order valence-corrected chi connectivity index (χ4v) is 4.41. The number of methoxy groups -OCH3 is 1. The van der Waals surface area contributed by atoms with Crippen LogP contribution in [0.3, 0.4) is 0 Å². The first kappa shape index (κ1) is 21.8. The van der Waals surface area contributed by atoms with Crippen LogP contribution in [0.15, 0.2) is 36.7 Å². The largest absolute Gasteiger partial charge is 0.486 e. The summed E-state index contributed by atoms with van der Waals surface area (Å²) >= 11 is 0. The van der Waals surface area contributed by atoms with Gasteiger partial charge in [0.2, 0.25) is 5.88 Å². The number of likely N-dealkylation sites (tertiary alicyclic amines) is 1. The number of nitrogens with zero attached hydrogens (tertiary/aromatic N) is 4. The Hall–Kier alpha value is -3.01. The second-order valence-electron chi connectivity index (χ2n) is 8.41. The van der Waals surface area contributed by atoms with E-state index in [0.717, 1.165) is 48.5 Å². The van der Waals surface area contributed by atoms with Gasteiger partial charge in [-0.25, -0.2) is 4.98 Å². The summed E-state index contributed by atoms with van der Waals surface area (Å²) in [5, 5.41) is 14.6. The van der Waals surface area contributed by atoms with Crippen LogP contribution < -0.4 is 19.5 Å². The van der Waals surface area contributed by atoms with E-state index >= 15 is 0 Å². The molecule has 0 amide bonds. The number of hydrogen-bond donors (Lipinski definition) is 2. The molecule has 0 bridgehead atoms. The minimum absolute atomic E-state index is 0.418. The number of aromatic nitrogens is 3. The van der Waals surface area contributed by atoms with Crippen LogP contribution in [0.4, 0.5) is 0 Å². The van der Waals surface area contributed by atoms with Gasteiger partial charge in [-0.2, -0.15) is 0 Å². The summed E-state index contributed by atoms with van der Waals surface area (Å²) in [5.41, 5.74) is 3.17. The molecule has 1 atom stereocenters. The molecule has 0 saturated carbocycles. The van der Waals surface area contributed by atoms with E-state index in [1.54, 1.807) is 25.6 Å². The standard InChI is InChI=1S/C24H29N5O4/c1-31-23-3-2-19-24(28-23)18(4-7-25-19)20(30)15-29-8-5-16(6-9-29)26-13-17-12-21-22(14-27-17)33-11-10-32-21/h2-4,7,12,14,16,20,26,30H,5-6,8-11,13,15H2,1H3/t20-/m0/s1. The Labute approximate surface area is 192 Å². The molecule has 0 spiro atoms. The van der Waals surface area contributed by atoms with Crippen molar-refractivity contribution in [1.82, 2.24) is 25.2 Å². The van der Waals surface area contributed by atoms with E-state index in [1.165, 1.54) is 0 Å². The van der Waals surface area contributed by atoms with Crippen LogP contribution in [0.25, 0.3) is 11.0 Å². The number of rotatable bonds is 7. The molecule has 5 heterocycles. The van der Waals surface area contributed by atoms with Crippen LogP contribution in [-0.4, -0.2) is 71.0 Å². The molecule has 33 heavy (non-hydrogen) atoms. The van der Waals surface area contributed by atoms with Crippen molar-refractivity contribution in [1.29, 1.82) is 0 Å². The highest BCUT2D eigenvalue weighted by atomic mass is 16.6. The summed E-state index contributed by atoms with van der Waals surface area (Å²) in [4.78, 5) is 15.6. The van der Waals surface area contributed by atoms with E-state index in [2.05, 4.69) is 25.2 Å². The quantitative estimate of drug-likeness (QED) is 0.559. The third-order valence-electron chi connectivity index (χ3n) is 6.23. The highest BCUT2D eigenvalue weighted by Gasteiger charge is 2.23. The second-order valence-corrected chi connectivity index (χ2v) is 8.41. The number of piperidine rings is 1. The maximum absolute atomic E-state index is 11.0. The minimum Gasteiger partial charge on any atom is -0.486 e. The minimum atomic E-state index is -0.637. The molecule has 3 aromatic heterocycles. The third kappa shape index (κ3) is 5.00. The lowest BCUT2D eigenvalue weighted by molar-refractivity contribution is 0.0947. The summed E-state index contributed by atoms with van der Waals surface area (Å²) < 4.78 is 16.4. The number of nitrogens with one attached hydrogen (secondary N) is 1. The van der Waals surface area contributed by atoms with Gasteiger partial charge in [-0.05, 0) is 38.1 Å². The zero-order chi connectivity index (χ0) is 22.6. The number of fused-ring (bicyclic) bond motifs is 2. The summed E-state index contributed by atoms with van der Waals surface area (Å²) in [7, 11) is 1.59. The Kier molecular flexibility index (Phi) is 6.52. The van der Waals surface area contributed by atoms with Crippen LogP contribution >= 0.6 is 0 Å². The highest BCUT2D eigenvalue weighted by Crippen LogP contribution is 2.29. The van der Waals surface area contributed by atoms with Gasteiger partial charge in [0.25, 0.3) is 0 Å². The first-order chi connectivity index (χ1) is 16.2. The Morgan fingerprint density at radius 3 is 2.79 bits per heavy atom. The highest BCUT2D eigenvalue weighted by molar-refractivity contribution is 5.78. The lowest BCUT2D eigenvalue weighted by Gasteiger charge is -2.33. The monoisotopic (exact) mass is 451 g/mol. The van der Waals surface area contributed by atoms with E-state index in [4.69, 9.17) is 14.2 Å². The molecule has 5 rings (SSSR count). The Morgan fingerprint density at radius 2 is 1.97 bits per heavy atom.